The SMILES string of the molecule is [SiH3]c1ccccc1I. The summed E-state index contributed by atoms with van der Waals surface area (Å²) in [6, 6.07) is 8.48. The van der Waals surface area contributed by atoms with E-state index in [0.29, 0.717) is 0 Å². The highest BCUT2D eigenvalue weighted by atomic mass is 127. The van der Waals surface area contributed by atoms with Crippen LogP contribution in [0.3, 0.4) is 0 Å². The Hall–Kier alpha value is 0.167. The molecule has 2 heteroatoms. The van der Waals surface area contributed by atoms with Crippen LogP contribution in [-0.4, -0.2) is 10.2 Å². The highest BCUT2D eigenvalue weighted by Gasteiger charge is 1.85. The molecule has 0 bridgehead atoms. The predicted molar refractivity (Wildman–Crippen MR) is 48.7 cm³/mol. The van der Waals surface area contributed by atoms with Crippen LogP contribution in [0, 0.1) is 3.57 Å². The molecule has 0 saturated heterocycles. The maximum atomic E-state index is 2.36. The van der Waals surface area contributed by atoms with Crippen LogP contribution >= 0.6 is 22.6 Å². The van der Waals surface area contributed by atoms with Gasteiger partial charge in [0.15, 0.2) is 0 Å². The fraction of sp³-hybridized carbons (Fsp3) is 0. The predicted octanol–water partition coefficient (Wildman–Crippen LogP) is 0.282. The maximum absolute atomic E-state index is 2.36. The van der Waals surface area contributed by atoms with E-state index in [1.54, 1.807) is 0 Å². The van der Waals surface area contributed by atoms with Crippen molar-refractivity contribution in [1.29, 1.82) is 0 Å². The summed E-state index contributed by atoms with van der Waals surface area (Å²) in [5.41, 5.74) is 0. The van der Waals surface area contributed by atoms with Crippen LogP contribution in [0.15, 0.2) is 24.3 Å². The van der Waals surface area contributed by atoms with Gasteiger partial charge in [0, 0.05) is 13.8 Å². The van der Waals surface area contributed by atoms with Gasteiger partial charge in [-0.15, -0.1) is 0 Å². The minimum Gasteiger partial charge on any atom is -0.0630 e. The van der Waals surface area contributed by atoms with Gasteiger partial charge in [-0.1, -0.05) is 23.4 Å². The average molecular weight is 234 g/mol. The lowest BCUT2D eigenvalue weighted by Gasteiger charge is -1.91. The summed E-state index contributed by atoms with van der Waals surface area (Å²) in [6.07, 6.45) is 0. The number of rotatable bonds is 0. The molecule has 0 saturated carbocycles. The topological polar surface area (TPSA) is 0 Å². The summed E-state index contributed by atoms with van der Waals surface area (Å²) < 4.78 is 1.40. The Kier molecular flexibility index (Phi) is 2.07. The van der Waals surface area contributed by atoms with Crippen molar-refractivity contribution in [1.82, 2.24) is 0 Å². The molecule has 0 amide bonds. The molecule has 1 aromatic rings. The van der Waals surface area contributed by atoms with Gasteiger partial charge in [-0.2, -0.15) is 0 Å². The second-order valence-corrected chi connectivity index (χ2v) is 3.99. The Labute approximate surface area is 65.9 Å². The van der Waals surface area contributed by atoms with Gasteiger partial charge in [0.2, 0.25) is 0 Å². The number of hydrogen-bond acceptors (Lipinski definition) is 0. The molecule has 1 rings (SSSR count). The maximum Gasteiger partial charge on any atom is 0.0398 e. The monoisotopic (exact) mass is 234 g/mol. The molecule has 0 aliphatic carbocycles. The standard InChI is InChI=1S/C6H7ISi/c7-5-3-1-2-4-6(5)8/h1-4H,8H3. The quantitative estimate of drug-likeness (QED) is 0.447. The summed E-state index contributed by atoms with van der Waals surface area (Å²) in [5.74, 6) is 0. The van der Waals surface area contributed by atoms with Crippen LogP contribution in [0.2, 0.25) is 0 Å². The number of hydrogen-bond donors (Lipinski definition) is 0. The third kappa shape index (κ3) is 1.32. The first-order chi connectivity index (χ1) is 3.80. The molecule has 42 valence electrons. The van der Waals surface area contributed by atoms with Crippen LogP contribution in [-0.2, 0) is 0 Å². The van der Waals surface area contributed by atoms with Crippen molar-refractivity contribution >= 4 is 38.0 Å². The van der Waals surface area contributed by atoms with Gasteiger partial charge in [-0.25, -0.2) is 0 Å². The van der Waals surface area contributed by atoms with Crippen LogP contribution in [0.1, 0.15) is 0 Å². The van der Waals surface area contributed by atoms with Crippen molar-refractivity contribution in [2.75, 3.05) is 0 Å². The molecule has 0 unspecified atom stereocenters. The molecule has 0 aliphatic heterocycles. The number of benzene rings is 1. The number of halogens is 1. The average Bonchev–Trinajstić information content (AvgIpc) is 1.77. The Balaban J connectivity index is 3.13. The second-order valence-electron chi connectivity index (χ2n) is 1.75. The molecular weight excluding hydrogens is 227 g/mol. The van der Waals surface area contributed by atoms with Crippen LogP contribution in [0.5, 0.6) is 0 Å². The van der Waals surface area contributed by atoms with Gasteiger partial charge in [-0.3, -0.25) is 0 Å². The fourth-order valence-electron chi connectivity index (χ4n) is 0.551. The van der Waals surface area contributed by atoms with Crippen LogP contribution < -0.4 is 5.19 Å². The van der Waals surface area contributed by atoms with E-state index < -0.39 is 0 Å². The summed E-state index contributed by atoms with van der Waals surface area (Å²) in [5, 5.41) is 1.49. The van der Waals surface area contributed by atoms with Crippen molar-refractivity contribution in [3.8, 4) is 0 Å². The Morgan fingerprint density at radius 3 is 2.25 bits per heavy atom. The molecule has 0 spiro atoms. The minimum atomic E-state index is 1.17. The van der Waals surface area contributed by atoms with E-state index in [0.717, 1.165) is 0 Å². The van der Waals surface area contributed by atoms with Gasteiger partial charge >= 0.3 is 0 Å². The van der Waals surface area contributed by atoms with Crippen LogP contribution in [0.4, 0.5) is 0 Å². The first-order valence-corrected chi connectivity index (χ1v) is 4.60. The van der Waals surface area contributed by atoms with E-state index in [-0.39, 0.29) is 0 Å². The molecule has 0 radical (unpaired) electrons. The third-order valence-electron chi connectivity index (χ3n) is 1.08. The molecule has 0 aliphatic rings. The van der Waals surface area contributed by atoms with E-state index in [1.807, 2.05) is 0 Å². The van der Waals surface area contributed by atoms with E-state index in [9.17, 15) is 0 Å². The largest absolute Gasteiger partial charge is 0.0630 e. The molecule has 0 N–H and O–H groups in total. The highest BCUT2D eigenvalue weighted by Crippen LogP contribution is 1.96. The summed E-state index contributed by atoms with van der Waals surface area (Å²) >= 11 is 2.36. The van der Waals surface area contributed by atoms with Crippen molar-refractivity contribution < 1.29 is 0 Å². The second kappa shape index (κ2) is 2.64. The Morgan fingerprint density at radius 2 is 1.88 bits per heavy atom. The lowest BCUT2D eigenvalue weighted by atomic mass is 10.4. The van der Waals surface area contributed by atoms with Crippen molar-refractivity contribution in [3.63, 3.8) is 0 Å². The molecule has 0 atom stereocenters. The minimum absolute atomic E-state index is 1.17. The summed E-state index contributed by atoms with van der Waals surface area (Å²) in [6.45, 7) is 0. The fourth-order valence-corrected chi connectivity index (χ4v) is 1.30. The zero-order valence-corrected chi connectivity index (χ0v) is 8.84. The molecule has 8 heavy (non-hydrogen) atoms. The first-order valence-electron chi connectivity index (χ1n) is 2.52. The van der Waals surface area contributed by atoms with Gasteiger partial charge in [-0.05, 0) is 28.7 Å². The molecular formula is C6H7ISi. The van der Waals surface area contributed by atoms with Gasteiger partial charge in [0.05, 0.1) is 0 Å². The van der Waals surface area contributed by atoms with E-state index in [1.165, 1.54) is 19.0 Å². The van der Waals surface area contributed by atoms with Gasteiger partial charge in [0.1, 0.15) is 0 Å². The van der Waals surface area contributed by atoms with Crippen molar-refractivity contribution in [2.45, 2.75) is 0 Å². The lowest BCUT2D eigenvalue weighted by Crippen LogP contribution is -2.04. The van der Waals surface area contributed by atoms with Gasteiger partial charge in [0.25, 0.3) is 0 Å². The third-order valence-corrected chi connectivity index (χ3v) is 4.18. The molecule has 0 aromatic heterocycles. The normalized spacial score (nSPS) is 9.62. The van der Waals surface area contributed by atoms with E-state index in [2.05, 4.69) is 46.9 Å². The highest BCUT2D eigenvalue weighted by molar-refractivity contribution is 14.1. The molecule has 1 aromatic carbocycles. The van der Waals surface area contributed by atoms with Gasteiger partial charge < -0.3 is 0 Å². The molecule has 0 nitrogen and oxygen atoms in total. The molecule has 0 fully saturated rings. The summed E-state index contributed by atoms with van der Waals surface area (Å²) in [7, 11) is 1.17. The zero-order chi connectivity index (χ0) is 5.98. The molecule has 0 heterocycles. The van der Waals surface area contributed by atoms with E-state index in [4.69, 9.17) is 0 Å². The lowest BCUT2D eigenvalue weighted by molar-refractivity contribution is 1.71. The van der Waals surface area contributed by atoms with Crippen LogP contribution in [0.25, 0.3) is 0 Å². The zero-order valence-electron chi connectivity index (χ0n) is 4.69. The summed E-state index contributed by atoms with van der Waals surface area (Å²) in [4.78, 5) is 0. The van der Waals surface area contributed by atoms with Crippen molar-refractivity contribution in [3.05, 3.63) is 27.8 Å². The van der Waals surface area contributed by atoms with Crippen molar-refractivity contribution in [2.24, 2.45) is 0 Å². The first kappa shape index (κ1) is 6.29. The Bertz CT molecular complexity index is 165. The van der Waals surface area contributed by atoms with E-state index >= 15 is 0 Å². The Morgan fingerprint density at radius 1 is 1.25 bits per heavy atom. The smallest absolute Gasteiger partial charge is 0.0398 e.